The lowest BCUT2D eigenvalue weighted by atomic mass is 9.81. The highest BCUT2D eigenvalue weighted by Crippen LogP contribution is 2.43. The highest BCUT2D eigenvalue weighted by atomic mass is 35.5. The van der Waals surface area contributed by atoms with Crippen LogP contribution in [-0.4, -0.2) is 35.5 Å². The molecule has 1 fully saturated rings. The molecule has 1 aromatic rings. The smallest absolute Gasteiger partial charge is 0.325 e. The second-order valence-corrected chi connectivity index (χ2v) is 7.02. The van der Waals surface area contributed by atoms with Crippen LogP contribution in [0.2, 0.25) is 5.02 Å². The van der Waals surface area contributed by atoms with Crippen LogP contribution < -0.4 is 0 Å². The van der Waals surface area contributed by atoms with E-state index in [0.717, 1.165) is 0 Å². The summed E-state index contributed by atoms with van der Waals surface area (Å²) in [6.07, 6.45) is -1.45. The zero-order valence-corrected chi connectivity index (χ0v) is 10.8. The van der Waals surface area contributed by atoms with Crippen LogP contribution in [0.1, 0.15) is 12.8 Å². The van der Waals surface area contributed by atoms with Crippen molar-refractivity contribution in [2.75, 3.05) is 0 Å². The minimum atomic E-state index is -4.03. The fourth-order valence-corrected chi connectivity index (χ4v) is 4.17. The van der Waals surface area contributed by atoms with Gasteiger partial charge >= 0.3 is 5.97 Å². The minimum absolute atomic E-state index is 0.0961. The molecular weight excluding hydrogens is 280 g/mol. The third-order valence-corrected chi connectivity index (χ3v) is 5.84. The molecule has 0 aliphatic heterocycles. The van der Waals surface area contributed by atoms with Crippen LogP contribution in [0.3, 0.4) is 0 Å². The molecule has 0 aromatic heterocycles. The molecule has 98 valence electrons. The molecule has 0 atom stereocenters. The van der Waals surface area contributed by atoms with E-state index < -0.39 is 26.7 Å². The maximum atomic E-state index is 12.3. The number of rotatable bonds is 3. The number of aliphatic carboxylic acids is 1. The molecule has 1 saturated carbocycles. The Kier molecular flexibility index (Phi) is 3.12. The molecular formula is C11H11ClO5S. The molecule has 1 aliphatic carbocycles. The summed E-state index contributed by atoms with van der Waals surface area (Å²) in [5.41, 5.74) is 0. The van der Waals surface area contributed by atoms with Gasteiger partial charge in [0.2, 0.25) is 0 Å². The summed E-state index contributed by atoms with van der Waals surface area (Å²) in [5.74, 6) is -1.43. The maximum absolute atomic E-state index is 12.3. The number of carbonyl (C=O) groups is 1. The lowest BCUT2D eigenvalue weighted by molar-refractivity contribution is -0.146. The van der Waals surface area contributed by atoms with Crippen LogP contribution in [-0.2, 0) is 14.6 Å². The van der Waals surface area contributed by atoms with Gasteiger partial charge in [-0.3, -0.25) is 4.79 Å². The number of aliphatic hydroxyl groups is 1. The van der Waals surface area contributed by atoms with E-state index >= 15 is 0 Å². The monoisotopic (exact) mass is 290 g/mol. The molecule has 0 spiro atoms. The fourth-order valence-electron chi connectivity index (χ4n) is 2.05. The summed E-state index contributed by atoms with van der Waals surface area (Å²) in [4.78, 5) is 11.1. The Morgan fingerprint density at radius 1 is 1.28 bits per heavy atom. The molecule has 2 N–H and O–H groups in total. The lowest BCUT2D eigenvalue weighted by Gasteiger charge is -2.40. The Morgan fingerprint density at radius 2 is 1.78 bits per heavy atom. The van der Waals surface area contributed by atoms with Crippen molar-refractivity contribution in [3.63, 3.8) is 0 Å². The van der Waals surface area contributed by atoms with Crippen molar-refractivity contribution in [2.45, 2.75) is 28.6 Å². The summed E-state index contributed by atoms with van der Waals surface area (Å²) in [5, 5.41) is 18.7. The zero-order chi connectivity index (χ0) is 13.6. The van der Waals surface area contributed by atoms with E-state index in [0.29, 0.717) is 5.02 Å². The van der Waals surface area contributed by atoms with Gasteiger partial charge in [0.1, 0.15) is 0 Å². The van der Waals surface area contributed by atoms with E-state index in [1.165, 1.54) is 24.3 Å². The SMILES string of the molecule is O=C(O)C1(S(=O)(=O)c2ccc(Cl)cc2)CC(O)C1. The van der Waals surface area contributed by atoms with Crippen molar-refractivity contribution < 1.29 is 23.4 Å². The van der Waals surface area contributed by atoms with Gasteiger partial charge in [0.25, 0.3) is 0 Å². The number of benzene rings is 1. The van der Waals surface area contributed by atoms with Crippen LogP contribution in [0, 0.1) is 0 Å². The van der Waals surface area contributed by atoms with Crippen LogP contribution in [0.4, 0.5) is 0 Å². The van der Waals surface area contributed by atoms with E-state index in [2.05, 4.69) is 0 Å². The molecule has 0 heterocycles. The Hall–Kier alpha value is -1.11. The first-order chi connectivity index (χ1) is 8.29. The highest BCUT2D eigenvalue weighted by Gasteiger charge is 2.60. The number of carboxylic acid groups (broad SMARTS) is 1. The van der Waals surface area contributed by atoms with Crippen molar-refractivity contribution >= 4 is 27.4 Å². The number of sulfone groups is 1. The zero-order valence-electron chi connectivity index (χ0n) is 9.21. The van der Waals surface area contributed by atoms with Gasteiger partial charge in [0.05, 0.1) is 11.0 Å². The Balaban J connectivity index is 2.48. The third kappa shape index (κ3) is 1.81. The summed E-state index contributed by atoms with van der Waals surface area (Å²) in [7, 11) is -4.03. The highest BCUT2D eigenvalue weighted by molar-refractivity contribution is 7.93. The summed E-state index contributed by atoms with van der Waals surface area (Å²) in [6.45, 7) is 0. The summed E-state index contributed by atoms with van der Waals surface area (Å²) >= 11 is 5.66. The predicted molar refractivity (Wildman–Crippen MR) is 64.2 cm³/mol. The average molecular weight is 291 g/mol. The van der Waals surface area contributed by atoms with Crippen molar-refractivity contribution in [1.29, 1.82) is 0 Å². The largest absolute Gasteiger partial charge is 0.480 e. The van der Waals surface area contributed by atoms with Crippen molar-refractivity contribution in [1.82, 2.24) is 0 Å². The number of carboxylic acids is 1. The number of hydrogen-bond acceptors (Lipinski definition) is 4. The van der Waals surface area contributed by atoms with Crippen molar-refractivity contribution in [3.05, 3.63) is 29.3 Å². The molecule has 0 unspecified atom stereocenters. The average Bonchev–Trinajstić information content (AvgIpc) is 2.24. The molecule has 0 amide bonds. The van der Waals surface area contributed by atoms with E-state index in [1.54, 1.807) is 0 Å². The first-order valence-electron chi connectivity index (χ1n) is 5.21. The van der Waals surface area contributed by atoms with Crippen molar-refractivity contribution in [2.24, 2.45) is 0 Å². The second kappa shape index (κ2) is 4.22. The first kappa shape index (κ1) is 13.3. The summed E-state index contributed by atoms with van der Waals surface area (Å²) in [6, 6.07) is 5.32. The molecule has 7 heteroatoms. The number of halogens is 1. The molecule has 1 aliphatic rings. The topological polar surface area (TPSA) is 91.7 Å². The van der Waals surface area contributed by atoms with Gasteiger partial charge in [-0.15, -0.1) is 0 Å². The van der Waals surface area contributed by atoms with Crippen LogP contribution in [0.5, 0.6) is 0 Å². The van der Waals surface area contributed by atoms with Gasteiger partial charge in [-0.25, -0.2) is 8.42 Å². The lowest BCUT2D eigenvalue weighted by Crippen LogP contribution is -2.58. The first-order valence-corrected chi connectivity index (χ1v) is 7.07. The molecule has 2 rings (SSSR count). The van der Waals surface area contributed by atoms with Gasteiger partial charge in [-0.2, -0.15) is 0 Å². The predicted octanol–water partition coefficient (Wildman–Crippen LogP) is 1.09. The van der Waals surface area contributed by atoms with Gasteiger partial charge < -0.3 is 10.2 Å². The molecule has 1 aromatic carbocycles. The van der Waals surface area contributed by atoms with Crippen LogP contribution in [0.15, 0.2) is 29.2 Å². The van der Waals surface area contributed by atoms with E-state index in [1.807, 2.05) is 0 Å². The second-order valence-electron chi connectivity index (χ2n) is 4.32. The number of aliphatic hydroxyl groups excluding tert-OH is 1. The van der Waals surface area contributed by atoms with E-state index in [4.69, 9.17) is 16.7 Å². The fraction of sp³-hybridized carbons (Fsp3) is 0.364. The van der Waals surface area contributed by atoms with Crippen LogP contribution >= 0.6 is 11.6 Å². The van der Waals surface area contributed by atoms with Gasteiger partial charge in [-0.1, -0.05) is 11.6 Å². The Bertz CT molecular complexity index is 572. The van der Waals surface area contributed by atoms with Gasteiger partial charge in [0, 0.05) is 17.9 Å². The number of hydrogen-bond donors (Lipinski definition) is 2. The van der Waals surface area contributed by atoms with E-state index in [-0.39, 0.29) is 17.7 Å². The van der Waals surface area contributed by atoms with Gasteiger partial charge in [-0.05, 0) is 24.3 Å². The van der Waals surface area contributed by atoms with Crippen molar-refractivity contribution in [3.8, 4) is 0 Å². The third-order valence-electron chi connectivity index (χ3n) is 3.16. The molecule has 18 heavy (non-hydrogen) atoms. The molecule has 0 saturated heterocycles. The molecule has 5 nitrogen and oxygen atoms in total. The summed E-state index contributed by atoms with van der Waals surface area (Å²) < 4.78 is 22.7. The van der Waals surface area contributed by atoms with Crippen LogP contribution in [0.25, 0.3) is 0 Å². The van der Waals surface area contributed by atoms with E-state index in [9.17, 15) is 18.3 Å². The van der Waals surface area contributed by atoms with Gasteiger partial charge in [0.15, 0.2) is 14.6 Å². The molecule has 0 radical (unpaired) electrons. The quantitative estimate of drug-likeness (QED) is 0.869. The Morgan fingerprint density at radius 3 is 2.17 bits per heavy atom. The molecule has 0 bridgehead atoms. The maximum Gasteiger partial charge on any atom is 0.325 e. The minimum Gasteiger partial charge on any atom is -0.480 e. The normalized spacial score (nSPS) is 27.6. The standard InChI is InChI=1S/C11H11ClO5S/c12-7-1-3-9(4-2-7)18(16,17)11(10(14)15)5-8(13)6-11/h1-4,8,13H,5-6H2,(H,14,15). The Labute approximate surface area is 109 Å².